The van der Waals surface area contributed by atoms with E-state index in [1.807, 2.05) is 0 Å². The van der Waals surface area contributed by atoms with Gasteiger partial charge in [0.2, 0.25) is 0 Å². The van der Waals surface area contributed by atoms with Gasteiger partial charge in [0.15, 0.2) is 5.78 Å². The number of Topliss-reactive ketones (excluding diaryl/α,β-unsaturated/α-hetero) is 1. The minimum Gasteiger partial charge on any atom is -0.396 e. The van der Waals surface area contributed by atoms with Crippen LogP contribution in [0.25, 0.3) is 0 Å². The molecule has 2 saturated carbocycles. The van der Waals surface area contributed by atoms with Gasteiger partial charge in [-0.15, -0.1) is 0 Å². The Labute approximate surface area is 194 Å². The highest BCUT2D eigenvalue weighted by atomic mass is 16.3. The van der Waals surface area contributed by atoms with E-state index in [-0.39, 0.29) is 30.1 Å². The fraction of sp³-hybridized carbons (Fsp3) is 0.889. The normalized spacial score (nSPS) is 43.3. The van der Waals surface area contributed by atoms with E-state index < -0.39 is 23.2 Å². The molecule has 4 N–H and O–H groups in total. The topological polar surface area (TPSA) is 98.0 Å². The SMILES string of the molecule is CC(C)CCC[C@@H](C)[C@H]1CC[C@@H](C2=C[C@H](O)[C@@]3(O)C[C@@H](O)CC[C@]3(C)C2=O)[C@]1(C)CCO. The molecule has 3 rings (SSSR count). The van der Waals surface area contributed by atoms with Gasteiger partial charge in [-0.1, -0.05) is 47.0 Å². The van der Waals surface area contributed by atoms with Crippen molar-refractivity contribution in [3.63, 3.8) is 0 Å². The van der Waals surface area contributed by atoms with Crippen LogP contribution in [0.4, 0.5) is 0 Å². The van der Waals surface area contributed by atoms with Crippen molar-refractivity contribution >= 4 is 5.78 Å². The maximum atomic E-state index is 13.9. The minimum atomic E-state index is -1.62. The van der Waals surface area contributed by atoms with E-state index in [9.17, 15) is 25.2 Å². The highest BCUT2D eigenvalue weighted by Crippen LogP contribution is 2.60. The number of carbonyl (C=O) groups is 1. The summed E-state index contributed by atoms with van der Waals surface area (Å²) in [6.07, 6.45) is 6.67. The van der Waals surface area contributed by atoms with Crippen LogP contribution in [-0.2, 0) is 4.79 Å². The predicted octanol–water partition coefficient (Wildman–Crippen LogP) is 4.02. The molecule has 3 aliphatic rings. The van der Waals surface area contributed by atoms with Gasteiger partial charge in [0.05, 0.1) is 11.5 Å². The lowest BCUT2D eigenvalue weighted by Gasteiger charge is -2.54. The average molecular weight is 451 g/mol. The molecule has 184 valence electrons. The highest BCUT2D eigenvalue weighted by Gasteiger charge is 2.63. The molecular weight excluding hydrogens is 404 g/mol. The number of fused-ring (bicyclic) bond motifs is 1. The lowest BCUT2D eigenvalue weighted by molar-refractivity contribution is -0.191. The van der Waals surface area contributed by atoms with Crippen molar-refractivity contribution in [2.24, 2.45) is 34.5 Å². The van der Waals surface area contributed by atoms with Crippen LogP contribution >= 0.6 is 0 Å². The van der Waals surface area contributed by atoms with E-state index in [1.54, 1.807) is 13.0 Å². The summed E-state index contributed by atoms with van der Waals surface area (Å²) in [7, 11) is 0. The van der Waals surface area contributed by atoms with Crippen molar-refractivity contribution in [3.8, 4) is 0 Å². The zero-order valence-electron chi connectivity index (χ0n) is 20.8. The third-order valence-corrected chi connectivity index (χ3v) is 9.63. The molecule has 0 unspecified atom stereocenters. The molecule has 3 aliphatic carbocycles. The summed E-state index contributed by atoms with van der Waals surface area (Å²) in [6, 6.07) is 0. The second-order valence-corrected chi connectivity index (χ2v) is 12.1. The Balaban J connectivity index is 1.90. The number of carbonyl (C=O) groups excluding carboxylic acids is 1. The fourth-order valence-corrected chi connectivity index (χ4v) is 7.45. The molecule has 0 saturated heterocycles. The maximum Gasteiger partial charge on any atom is 0.167 e. The van der Waals surface area contributed by atoms with Gasteiger partial charge in [-0.05, 0) is 79.8 Å². The Hall–Kier alpha value is -0.750. The lowest BCUT2D eigenvalue weighted by Crippen LogP contribution is -2.65. The van der Waals surface area contributed by atoms with Crippen LogP contribution in [0.1, 0.15) is 92.4 Å². The number of ketones is 1. The first-order valence-corrected chi connectivity index (χ1v) is 12.9. The van der Waals surface area contributed by atoms with Crippen LogP contribution < -0.4 is 0 Å². The third kappa shape index (κ3) is 4.23. The third-order valence-electron chi connectivity index (χ3n) is 9.63. The van der Waals surface area contributed by atoms with Gasteiger partial charge in [-0.25, -0.2) is 0 Å². The molecule has 8 atom stereocenters. The summed E-state index contributed by atoms with van der Waals surface area (Å²) in [4.78, 5) is 13.9. The van der Waals surface area contributed by atoms with Crippen molar-refractivity contribution in [2.45, 2.75) is 110 Å². The second kappa shape index (κ2) is 9.48. The van der Waals surface area contributed by atoms with Gasteiger partial charge in [-0.2, -0.15) is 0 Å². The molecule has 0 aromatic rings. The Morgan fingerprint density at radius 3 is 2.41 bits per heavy atom. The van der Waals surface area contributed by atoms with Crippen LogP contribution in [0.5, 0.6) is 0 Å². The van der Waals surface area contributed by atoms with Crippen molar-refractivity contribution in [3.05, 3.63) is 11.6 Å². The van der Waals surface area contributed by atoms with E-state index in [0.717, 1.165) is 19.3 Å². The van der Waals surface area contributed by atoms with Crippen molar-refractivity contribution in [1.29, 1.82) is 0 Å². The van der Waals surface area contributed by atoms with Gasteiger partial charge in [0, 0.05) is 13.0 Å². The zero-order valence-corrected chi connectivity index (χ0v) is 20.8. The lowest BCUT2D eigenvalue weighted by atomic mass is 9.53. The Morgan fingerprint density at radius 1 is 1.09 bits per heavy atom. The molecule has 0 amide bonds. The first kappa shape index (κ1) is 25.9. The summed E-state index contributed by atoms with van der Waals surface area (Å²) >= 11 is 0. The molecule has 0 aliphatic heterocycles. The van der Waals surface area contributed by atoms with Crippen LogP contribution in [-0.4, -0.2) is 50.6 Å². The van der Waals surface area contributed by atoms with Crippen LogP contribution in [0, 0.1) is 34.5 Å². The number of hydrogen-bond acceptors (Lipinski definition) is 5. The standard InChI is InChI=1S/C27H46O5/c1-17(2)7-6-8-18(3)21-9-10-22(25(21,4)13-14-28)20-15-23(30)27(32)16-19(29)11-12-26(27,5)24(20)31/h15,17-19,21-23,28-30,32H,6-14,16H2,1-5H3/t18-,19+,21-,22+,23+,25-,26-,27+/m1/s1. The molecule has 0 bridgehead atoms. The smallest absolute Gasteiger partial charge is 0.167 e. The molecule has 0 heterocycles. The number of aliphatic hydroxyl groups is 4. The first-order valence-electron chi connectivity index (χ1n) is 12.9. The summed E-state index contributed by atoms with van der Waals surface area (Å²) < 4.78 is 0. The van der Waals surface area contributed by atoms with Crippen molar-refractivity contribution < 1.29 is 25.2 Å². The van der Waals surface area contributed by atoms with E-state index in [4.69, 9.17) is 0 Å². The summed E-state index contributed by atoms with van der Waals surface area (Å²) in [5, 5.41) is 42.4. The molecule has 0 radical (unpaired) electrons. The second-order valence-electron chi connectivity index (χ2n) is 12.1. The number of hydrogen-bond donors (Lipinski definition) is 4. The molecule has 5 nitrogen and oxygen atoms in total. The largest absolute Gasteiger partial charge is 0.396 e. The molecule has 0 spiro atoms. The fourth-order valence-electron chi connectivity index (χ4n) is 7.45. The molecular formula is C27H46O5. The monoisotopic (exact) mass is 450 g/mol. The number of allylic oxidation sites excluding steroid dienone is 1. The van der Waals surface area contributed by atoms with E-state index >= 15 is 0 Å². The van der Waals surface area contributed by atoms with Gasteiger partial charge in [0.1, 0.15) is 11.7 Å². The van der Waals surface area contributed by atoms with E-state index in [0.29, 0.717) is 42.6 Å². The average Bonchev–Trinajstić information content (AvgIpc) is 3.04. The van der Waals surface area contributed by atoms with Crippen LogP contribution in [0.2, 0.25) is 0 Å². The van der Waals surface area contributed by atoms with Gasteiger partial charge < -0.3 is 20.4 Å². The Bertz CT molecular complexity index is 717. The molecule has 0 aromatic carbocycles. The van der Waals surface area contributed by atoms with Gasteiger partial charge in [0.25, 0.3) is 0 Å². The Kier molecular flexibility index (Phi) is 7.66. The maximum absolute atomic E-state index is 13.9. The Morgan fingerprint density at radius 2 is 1.78 bits per heavy atom. The summed E-state index contributed by atoms with van der Waals surface area (Å²) in [5.41, 5.74) is -2.28. The van der Waals surface area contributed by atoms with Crippen LogP contribution in [0.15, 0.2) is 11.6 Å². The van der Waals surface area contributed by atoms with Crippen molar-refractivity contribution in [1.82, 2.24) is 0 Å². The minimum absolute atomic E-state index is 0.0221. The van der Waals surface area contributed by atoms with E-state index in [1.165, 1.54) is 12.8 Å². The quantitative estimate of drug-likeness (QED) is 0.448. The van der Waals surface area contributed by atoms with Gasteiger partial charge >= 0.3 is 0 Å². The van der Waals surface area contributed by atoms with Crippen molar-refractivity contribution in [2.75, 3.05) is 6.61 Å². The molecule has 0 aromatic heterocycles. The molecule has 32 heavy (non-hydrogen) atoms. The summed E-state index contributed by atoms with van der Waals surface area (Å²) in [6.45, 7) is 10.9. The van der Waals surface area contributed by atoms with Crippen LogP contribution in [0.3, 0.4) is 0 Å². The number of aliphatic hydroxyl groups excluding tert-OH is 3. The molecule has 5 heteroatoms. The first-order chi connectivity index (χ1) is 14.9. The predicted molar refractivity (Wildman–Crippen MR) is 126 cm³/mol. The zero-order chi connectivity index (χ0) is 23.9. The molecule has 2 fully saturated rings. The summed E-state index contributed by atoms with van der Waals surface area (Å²) in [5.74, 6) is 1.53. The van der Waals surface area contributed by atoms with E-state index in [2.05, 4.69) is 27.7 Å². The highest BCUT2D eigenvalue weighted by molar-refractivity contribution is 6.02. The van der Waals surface area contributed by atoms with Gasteiger partial charge in [-0.3, -0.25) is 4.79 Å². The number of rotatable bonds is 8.